The highest BCUT2D eigenvalue weighted by Crippen LogP contribution is 2.40. The number of aromatic nitrogens is 2. The molecule has 7 nitrogen and oxygen atoms in total. The van der Waals surface area contributed by atoms with Gasteiger partial charge in [-0.2, -0.15) is 5.26 Å². The Morgan fingerprint density at radius 1 is 1.17 bits per heavy atom. The largest absolute Gasteiger partial charge is 0.439 e. The van der Waals surface area contributed by atoms with Crippen LogP contribution in [-0.4, -0.2) is 47.0 Å². The van der Waals surface area contributed by atoms with Crippen LogP contribution in [-0.2, 0) is 0 Å². The molecule has 29 heavy (non-hydrogen) atoms. The van der Waals surface area contributed by atoms with Gasteiger partial charge >= 0.3 is 0 Å². The summed E-state index contributed by atoms with van der Waals surface area (Å²) in [5.41, 5.74) is 3.06. The maximum absolute atomic E-state index is 13.1. The Morgan fingerprint density at radius 2 is 1.97 bits per heavy atom. The van der Waals surface area contributed by atoms with Gasteiger partial charge in [0.2, 0.25) is 0 Å². The molecule has 3 aromatic rings. The molecule has 0 bridgehead atoms. The van der Waals surface area contributed by atoms with Crippen LogP contribution in [0, 0.1) is 11.3 Å². The number of pyridine rings is 1. The molecule has 1 aliphatic carbocycles. The standard InChI is InChI=1S/C21H18ClN5O2/c22-15-7-13(10-23)8-16(9-15)26-3-5-27(6-4-26)21(28)17-11-24-12-18-19(17)29-20(25-18)14-1-2-14/h7-9,11-12,14H,1-6H2. The van der Waals surface area contributed by atoms with E-state index in [1.54, 1.807) is 18.5 Å². The molecule has 1 saturated carbocycles. The predicted molar refractivity (Wildman–Crippen MR) is 108 cm³/mol. The van der Waals surface area contributed by atoms with Gasteiger partial charge in [0.15, 0.2) is 11.5 Å². The molecule has 1 saturated heterocycles. The van der Waals surface area contributed by atoms with Gasteiger partial charge in [-0.1, -0.05) is 11.6 Å². The number of rotatable bonds is 3. The maximum atomic E-state index is 13.1. The van der Waals surface area contributed by atoms with Gasteiger partial charge in [-0.3, -0.25) is 9.78 Å². The summed E-state index contributed by atoms with van der Waals surface area (Å²) < 4.78 is 5.91. The number of nitriles is 1. The summed E-state index contributed by atoms with van der Waals surface area (Å²) in [6.07, 6.45) is 5.38. The lowest BCUT2D eigenvalue weighted by molar-refractivity contribution is 0.0747. The summed E-state index contributed by atoms with van der Waals surface area (Å²) in [5.74, 6) is 0.996. The van der Waals surface area contributed by atoms with E-state index in [-0.39, 0.29) is 5.91 Å². The van der Waals surface area contributed by atoms with Crippen molar-refractivity contribution in [3.8, 4) is 6.07 Å². The van der Waals surface area contributed by atoms with Crippen molar-refractivity contribution in [1.29, 1.82) is 5.26 Å². The molecule has 0 N–H and O–H groups in total. The topological polar surface area (TPSA) is 86.3 Å². The van der Waals surface area contributed by atoms with Crippen LogP contribution in [0.5, 0.6) is 0 Å². The van der Waals surface area contributed by atoms with E-state index in [0.29, 0.717) is 65.2 Å². The Morgan fingerprint density at radius 3 is 2.69 bits per heavy atom. The van der Waals surface area contributed by atoms with Crippen LogP contribution in [0.25, 0.3) is 11.1 Å². The highest BCUT2D eigenvalue weighted by atomic mass is 35.5. The summed E-state index contributed by atoms with van der Waals surface area (Å²) in [6.45, 7) is 2.44. The molecule has 1 aliphatic heterocycles. The van der Waals surface area contributed by atoms with Crippen LogP contribution in [0.3, 0.4) is 0 Å². The average Bonchev–Trinajstić information content (AvgIpc) is 3.51. The van der Waals surface area contributed by atoms with E-state index in [1.165, 1.54) is 0 Å². The van der Waals surface area contributed by atoms with E-state index < -0.39 is 0 Å². The number of fused-ring (bicyclic) bond motifs is 1. The van der Waals surface area contributed by atoms with Crippen molar-refractivity contribution in [3.05, 3.63) is 52.6 Å². The third-order valence-corrected chi connectivity index (χ3v) is 5.63. The molecular weight excluding hydrogens is 390 g/mol. The molecule has 0 spiro atoms. The number of nitrogens with zero attached hydrogens (tertiary/aromatic N) is 5. The molecule has 5 rings (SSSR count). The van der Waals surface area contributed by atoms with Crippen LogP contribution in [0.15, 0.2) is 35.0 Å². The lowest BCUT2D eigenvalue weighted by atomic mass is 10.1. The molecule has 1 amide bonds. The summed E-state index contributed by atoms with van der Waals surface area (Å²) in [6, 6.07) is 7.44. The number of halogens is 1. The fourth-order valence-corrected chi connectivity index (χ4v) is 3.92. The van der Waals surface area contributed by atoms with Crippen molar-refractivity contribution < 1.29 is 9.21 Å². The summed E-state index contributed by atoms with van der Waals surface area (Å²) in [5, 5.41) is 9.69. The van der Waals surface area contributed by atoms with E-state index in [2.05, 4.69) is 20.9 Å². The smallest absolute Gasteiger partial charge is 0.259 e. The highest BCUT2D eigenvalue weighted by molar-refractivity contribution is 6.31. The molecule has 2 aromatic heterocycles. The first kappa shape index (κ1) is 18.0. The number of carbonyl (C=O) groups is 1. The van der Waals surface area contributed by atoms with Crippen molar-refractivity contribution >= 4 is 34.3 Å². The molecular formula is C21H18ClN5O2. The van der Waals surface area contributed by atoms with Crippen LogP contribution in [0.2, 0.25) is 5.02 Å². The molecule has 1 aromatic carbocycles. The number of amides is 1. The highest BCUT2D eigenvalue weighted by Gasteiger charge is 2.31. The minimum atomic E-state index is -0.0925. The Hall–Kier alpha value is -3.11. The Kier molecular flexibility index (Phi) is 4.36. The minimum Gasteiger partial charge on any atom is -0.439 e. The van der Waals surface area contributed by atoms with E-state index in [0.717, 1.165) is 18.5 Å². The quantitative estimate of drug-likeness (QED) is 0.659. The Balaban J connectivity index is 1.33. The normalized spacial score (nSPS) is 16.8. The predicted octanol–water partition coefficient (Wildman–Crippen LogP) is 3.59. The maximum Gasteiger partial charge on any atom is 0.259 e. The van der Waals surface area contributed by atoms with E-state index in [9.17, 15) is 4.79 Å². The molecule has 2 fully saturated rings. The molecule has 2 aliphatic rings. The van der Waals surface area contributed by atoms with Crippen LogP contribution in [0.4, 0.5) is 5.69 Å². The molecule has 8 heteroatoms. The average molecular weight is 408 g/mol. The molecule has 146 valence electrons. The summed E-state index contributed by atoms with van der Waals surface area (Å²) in [7, 11) is 0. The van der Waals surface area contributed by atoms with Crippen molar-refractivity contribution in [2.24, 2.45) is 0 Å². The second kappa shape index (κ2) is 7.05. The zero-order valence-corrected chi connectivity index (χ0v) is 16.4. The van der Waals surface area contributed by atoms with Gasteiger partial charge < -0.3 is 14.2 Å². The fourth-order valence-electron chi connectivity index (χ4n) is 3.69. The van der Waals surface area contributed by atoms with E-state index in [4.69, 9.17) is 21.3 Å². The number of oxazole rings is 1. The zero-order chi connectivity index (χ0) is 20.0. The van der Waals surface area contributed by atoms with Gasteiger partial charge in [0, 0.05) is 49.0 Å². The SMILES string of the molecule is N#Cc1cc(Cl)cc(N2CCN(C(=O)c3cncc4nc(C5CC5)oc34)CC2)c1. The number of carbonyl (C=O) groups excluding carboxylic acids is 1. The van der Waals surface area contributed by atoms with E-state index >= 15 is 0 Å². The van der Waals surface area contributed by atoms with Gasteiger partial charge in [0.05, 0.1) is 17.8 Å². The first-order valence-electron chi connectivity index (χ1n) is 9.62. The third-order valence-electron chi connectivity index (χ3n) is 5.42. The summed E-state index contributed by atoms with van der Waals surface area (Å²) >= 11 is 6.13. The number of hydrogen-bond donors (Lipinski definition) is 0. The van der Waals surface area contributed by atoms with Crippen LogP contribution >= 0.6 is 11.6 Å². The monoisotopic (exact) mass is 407 g/mol. The molecule has 0 unspecified atom stereocenters. The Labute approximate surface area is 172 Å². The second-order valence-corrected chi connectivity index (χ2v) is 7.89. The minimum absolute atomic E-state index is 0.0925. The van der Waals surface area contributed by atoms with Crippen LogP contribution in [0.1, 0.15) is 40.6 Å². The first-order chi connectivity index (χ1) is 14.1. The van der Waals surface area contributed by atoms with Gasteiger partial charge in [0.1, 0.15) is 11.1 Å². The zero-order valence-electron chi connectivity index (χ0n) is 15.6. The summed E-state index contributed by atoms with van der Waals surface area (Å²) in [4.78, 5) is 25.7. The molecule has 3 heterocycles. The van der Waals surface area contributed by atoms with Crippen molar-refractivity contribution in [2.75, 3.05) is 31.1 Å². The third kappa shape index (κ3) is 3.40. The number of benzene rings is 1. The van der Waals surface area contributed by atoms with Gasteiger partial charge in [-0.05, 0) is 31.0 Å². The van der Waals surface area contributed by atoms with Gasteiger partial charge in [0.25, 0.3) is 5.91 Å². The van der Waals surface area contributed by atoms with Gasteiger partial charge in [-0.25, -0.2) is 4.98 Å². The molecule has 0 radical (unpaired) electrons. The second-order valence-electron chi connectivity index (χ2n) is 7.45. The number of hydrogen-bond acceptors (Lipinski definition) is 6. The van der Waals surface area contributed by atoms with Crippen molar-refractivity contribution in [2.45, 2.75) is 18.8 Å². The number of piperazine rings is 1. The van der Waals surface area contributed by atoms with E-state index in [1.807, 2.05) is 17.0 Å². The Bertz CT molecular complexity index is 1140. The van der Waals surface area contributed by atoms with Crippen LogP contribution < -0.4 is 4.90 Å². The van der Waals surface area contributed by atoms with Crippen molar-refractivity contribution in [3.63, 3.8) is 0 Å². The van der Waals surface area contributed by atoms with Crippen molar-refractivity contribution in [1.82, 2.24) is 14.9 Å². The molecule has 0 atom stereocenters. The fraction of sp³-hybridized carbons (Fsp3) is 0.333. The lowest BCUT2D eigenvalue weighted by Crippen LogP contribution is -2.48. The first-order valence-corrected chi connectivity index (χ1v) is 9.99. The number of anilines is 1. The van der Waals surface area contributed by atoms with Gasteiger partial charge in [-0.15, -0.1) is 0 Å². The lowest BCUT2D eigenvalue weighted by Gasteiger charge is -2.36.